The van der Waals surface area contributed by atoms with E-state index in [4.69, 9.17) is 14.5 Å². The number of aromatic nitrogens is 3. The summed E-state index contributed by atoms with van der Waals surface area (Å²) in [6.45, 7) is 0.364. The summed E-state index contributed by atoms with van der Waals surface area (Å²) < 4.78 is 21.8. The zero-order valence-corrected chi connectivity index (χ0v) is 15.6. The Labute approximate surface area is 163 Å². The van der Waals surface area contributed by atoms with Gasteiger partial charge in [0.15, 0.2) is 5.69 Å². The quantitative estimate of drug-likeness (QED) is 0.444. The van der Waals surface area contributed by atoms with Gasteiger partial charge in [-0.15, -0.1) is 0 Å². The third-order valence-electron chi connectivity index (χ3n) is 5.68. The van der Waals surface area contributed by atoms with Gasteiger partial charge in [0.05, 0.1) is 17.8 Å². The van der Waals surface area contributed by atoms with E-state index in [9.17, 15) is 4.39 Å². The van der Waals surface area contributed by atoms with Crippen molar-refractivity contribution >= 4 is 10.9 Å². The number of hydrogen-bond donors (Lipinski definition) is 0. The molecule has 1 aliphatic rings. The van der Waals surface area contributed by atoms with Crippen LogP contribution in [0.2, 0.25) is 0 Å². The normalized spacial score (nSPS) is 15.3. The second-order valence-corrected chi connectivity index (χ2v) is 7.53. The Morgan fingerprint density at radius 2 is 1.79 bits per heavy atom. The summed E-state index contributed by atoms with van der Waals surface area (Å²) in [6.07, 6.45) is 7.96. The van der Waals surface area contributed by atoms with Crippen molar-refractivity contribution in [1.29, 1.82) is 0 Å². The minimum atomic E-state index is -0.223. The molecule has 4 nitrogen and oxygen atoms in total. The van der Waals surface area contributed by atoms with Crippen LogP contribution in [0.1, 0.15) is 49.3 Å². The van der Waals surface area contributed by atoms with Gasteiger partial charge in [0, 0.05) is 16.9 Å². The monoisotopic (exact) mass is 375 g/mol. The number of rotatable bonds is 4. The van der Waals surface area contributed by atoms with E-state index in [1.165, 1.54) is 38.2 Å². The molecule has 2 aromatic heterocycles. The standard InChI is InChI=1S/C23H22FN3O/c24-19-12-6-4-10-17(19)14-27-21-13-7-5-11-18(21)22(26-27)23-25-20(15-28-23)16-8-2-1-3-9-16/h4-7,10-13,15-16H,1-3,8-9,14H2. The largest absolute Gasteiger partial charge is 0.443 e. The van der Waals surface area contributed by atoms with Gasteiger partial charge in [-0.05, 0) is 25.0 Å². The van der Waals surface area contributed by atoms with Gasteiger partial charge in [0.2, 0.25) is 5.89 Å². The second kappa shape index (κ2) is 7.23. The average Bonchev–Trinajstić information content (AvgIpc) is 3.36. The Hall–Kier alpha value is -2.95. The van der Waals surface area contributed by atoms with E-state index in [-0.39, 0.29) is 5.82 Å². The molecule has 5 heteroatoms. The average molecular weight is 375 g/mol. The predicted octanol–water partition coefficient (Wildman–Crippen LogP) is 5.93. The van der Waals surface area contributed by atoms with Gasteiger partial charge in [0.1, 0.15) is 12.1 Å². The Balaban J connectivity index is 1.54. The van der Waals surface area contributed by atoms with Crippen LogP contribution in [0.4, 0.5) is 4.39 Å². The summed E-state index contributed by atoms with van der Waals surface area (Å²) in [5, 5.41) is 5.72. The number of oxazole rings is 1. The van der Waals surface area contributed by atoms with Crippen molar-refractivity contribution in [3.8, 4) is 11.6 Å². The Kier molecular flexibility index (Phi) is 4.43. The lowest BCUT2D eigenvalue weighted by atomic mass is 9.87. The first-order valence-corrected chi connectivity index (χ1v) is 9.94. The minimum Gasteiger partial charge on any atom is -0.443 e. The first-order valence-electron chi connectivity index (χ1n) is 9.94. The number of para-hydroxylation sites is 1. The second-order valence-electron chi connectivity index (χ2n) is 7.53. The Morgan fingerprint density at radius 1 is 1.00 bits per heavy atom. The van der Waals surface area contributed by atoms with Gasteiger partial charge in [0.25, 0.3) is 0 Å². The first kappa shape index (κ1) is 17.2. The highest BCUT2D eigenvalue weighted by Gasteiger charge is 2.22. The van der Waals surface area contributed by atoms with Crippen LogP contribution in [0.5, 0.6) is 0 Å². The summed E-state index contributed by atoms with van der Waals surface area (Å²) in [5.41, 5.74) is 3.30. The van der Waals surface area contributed by atoms with Crippen LogP contribution in [0.25, 0.3) is 22.5 Å². The number of halogens is 1. The van der Waals surface area contributed by atoms with Gasteiger partial charge >= 0.3 is 0 Å². The molecule has 5 rings (SSSR count). The number of hydrogen-bond acceptors (Lipinski definition) is 3. The maximum atomic E-state index is 14.1. The van der Waals surface area contributed by atoms with Crippen LogP contribution in [-0.4, -0.2) is 14.8 Å². The van der Waals surface area contributed by atoms with E-state index in [0.29, 0.717) is 29.6 Å². The van der Waals surface area contributed by atoms with Gasteiger partial charge in [-0.1, -0.05) is 55.7 Å². The van der Waals surface area contributed by atoms with Crippen LogP contribution < -0.4 is 0 Å². The molecule has 28 heavy (non-hydrogen) atoms. The molecule has 0 spiro atoms. The zero-order valence-electron chi connectivity index (χ0n) is 15.6. The van der Waals surface area contributed by atoms with E-state index < -0.39 is 0 Å². The van der Waals surface area contributed by atoms with Gasteiger partial charge in [-0.2, -0.15) is 5.10 Å². The van der Waals surface area contributed by atoms with Gasteiger partial charge in [-0.25, -0.2) is 9.37 Å². The van der Waals surface area contributed by atoms with E-state index in [2.05, 4.69) is 0 Å². The fraction of sp³-hybridized carbons (Fsp3) is 0.304. The van der Waals surface area contributed by atoms with E-state index in [1.54, 1.807) is 18.4 Å². The fourth-order valence-electron chi connectivity index (χ4n) is 4.17. The van der Waals surface area contributed by atoms with Crippen molar-refractivity contribution in [2.24, 2.45) is 0 Å². The predicted molar refractivity (Wildman–Crippen MR) is 107 cm³/mol. The molecule has 1 aliphatic carbocycles. The third-order valence-corrected chi connectivity index (χ3v) is 5.68. The van der Waals surface area contributed by atoms with Crippen molar-refractivity contribution in [1.82, 2.24) is 14.8 Å². The molecule has 0 N–H and O–H groups in total. The van der Waals surface area contributed by atoms with Gasteiger partial charge < -0.3 is 4.42 Å². The smallest absolute Gasteiger partial charge is 0.247 e. The van der Waals surface area contributed by atoms with E-state index in [1.807, 2.05) is 35.0 Å². The molecule has 1 saturated carbocycles. The molecule has 2 heterocycles. The number of nitrogens with zero attached hydrogens (tertiary/aromatic N) is 3. The molecular formula is C23H22FN3O. The number of fused-ring (bicyclic) bond motifs is 1. The molecule has 0 aliphatic heterocycles. The fourth-order valence-corrected chi connectivity index (χ4v) is 4.17. The van der Waals surface area contributed by atoms with Crippen LogP contribution >= 0.6 is 0 Å². The van der Waals surface area contributed by atoms with Gasteiger partial charge in [-0.3, -0.25) is 4.68 Å². The highest BCUT2D eigenvalue weighted by atomic mass is 19.1. The Bertz CT molecular complexity index is 1110. The third kappa shape index (κ3) is 3.11. The zero-order chi connectivity index (χ0) is 18.9. The molecular weight excluding hydrogens is 353 g/mol. The molecule has 0 bridgehead atoms. The van der Waals surface area contributed by atoms with Crippen LogP contribution in [0.3, 0.4) is 0 Å². The molecule has 1 fully saturated rings. The summed E-state index contributed by atoms with van der Waals surface area (Å²) in [7, 11) is 0. The van der Waals surface area contributed by atoms with Crippen molar-refractivity contribution in [2.75, 3.05) is 0 Å². The number of benzene rings is 2. The van der Waals surface area contributed by atoms with Crippen LogP contribution in [0, 0.1) is 5.82 Å². The molecule has 0 unspecified atom stereocenters. The summed E-state index contributed by atoms with van der Waals surface area (Å²) in [4.78, 5) is 4.78. The molecule has 4 aromatic rings. The van der Waals surface area contributed by atoms with Crippen molar-refractivity contribution in [3.05, 3.63) is 71.9 Å². The van der Waals surface area contributed by atoms with Crippen LogP contribution in [-0.2, 0) is 6.54 Å². The molecule has 142 valence electrons. The lowest BCUT2D eigenvalue weighted by Crippen LogP contribution is -2.05. The lowest BCUT2D eigenvalue weighted by molar-refractivity contribution is 0.435. The Morgan fingerprint density at radius 3 is 2.64 bits per heavy atom. The molecule has 0 radical (unpaired) electrons. The van der Waals surface area contributed by atoms with E-state index in [0.717, 1.165) is 16.6 Å². The molecule has 0 atom stereocenters. The van der Waals surface area contributed by atoms with Crippen molar-refractivity contribution in [3.63, 3.8) is 0 Å². The highest BCUT2D eigenvalue weighted by molar-refractivity contribution is 5.91. The van der Waals surface area contributed by atoms with E-state index >= 15 is 0 Å². The summed E-state index contributed by atoms with van der Waals surface area (Å²) in [5.74, 6) is 0.807. The summed E-state index contributed by atoms with van der Waals surface area (Å²) in [6, 6.07) is 14.8. The molecule has 2 aromatic carbocycles. The first-order chi connectivity index (χ1) is 13.8. The van der Waals surface area contributed by atoms with Crippen molar-refractivity contribution < 1.29 is 8.81 Å². The molecule has 0 saturated heterocycles. The van der Waals surface area contributed by atoms with Crippen LogP contribution in [0.15, 0.2) is 59.2 Å². The lowest BCUT2D eigenvalue weighted by Gasteiger charge is -2.18. The maximum absolute atomic E-state index is 14.1. The topological polar surface area (TPSA) is 43.9 Å². The molecule has 0 amide bonds. The highest BCUT2D eigenvalue weighted by Crippen LogP contribution is 2.34. The summed E-state index contributed by atoms with van der Waals surface area (Å²) >= 11 is 0. The maximum Gasteiger partial charge on any atom is 0.247 e. The van der Waals surface area contributed by atoms with Crippen molar-refractivity contribution in [2.45, 2.75) is 44.6 Å². The SMILES string of the molecule is Fc1ccccc1Cn1nc(-c2nc(C3CCCCC3)co2)c2ccccc21. The minimum absolute atomic E-state index is 0.223.